The highest BCUT2D eigenvalue weighted by Crippen LogP contribution is 2.21. The summed E-state index contributed by atoms with van der Waals surface area (Å²) in [6, 6.07) is 14.7. The Bertz CT molecular complexity index is 744. The molecule has 0 aliphatic rings. The van der Waals surface area contributed by atoms with Crippen molar-refractivity contribution in [3.8, 4) is 5.75 Å². The fraction of sp³-hybridized carbons (Fsp3) is 0.300. The van der Waals surface area contributed by atoms with Gasteiger partial charge in [0.15, 0.2) is 0 Å². The van der Waals surface area contributed by atoms with E-state index in [1.807, 2.05) is 36.4 Å². The second-order valence-corrected chi connectivity index (χ2v) is 5.72. The predicted molar refractivity (Wildman–Crippen MR) is 100 cm³/mol. The molecule has 1 atom stereocenters. The van der Waals surface area contributed by atoms with Gasteiger partial charge in [0.05, 0.1) is 13.2 Å². The van der Waals surface area contributed by atoms with Gasteiger partial charge in [0.2, 0.25) is 0 Å². The second-order valence-electron chi connectivity index (χ2n) is 5.72. The first-order valence-corrected chi connectivity index (χ1v) is 8.42. The molecule has 1 unspecified atom stereocenters. The van der Waals surface area contributed by atoms with Crippen molar-refractivity contribution < 1.29 is 19.1 Å². The van der Waals surface area contributed by atoms with Crippen LogP contribution in [0.15, 0.2) is 48.5 Å². The third-order valence-corrected chi connectivity index (χ3v) is 4.02. The smallest absolute Gasteiger partial charge is 0.313 e. The SMILES string of the molecule is CCc1ccc(NC(=O)C(=O)NCC(OC)c2cccc(OC)c2)cc1. The molecule has 0 heterocycles. The zero-order valence-electron chi connectivity index (χ0n) is 15.2. The summed E-state index contributed by atoms with van der Waals surface area (Å²) in [6.45, 7) is 2.22. The molecule has 6 heteroatoms. The molecule has 2 amide bonds. The maximum Gasteiger partial charge on any atom is 0.313 e. The van der Waals surface area contributed by atoms with E-state index in [0.717, 1.165) is 17.5 Å². The molecule has 0 aromatic heterocycles. The average Bonchev–Trinajstić information content (AvgIpc) is 2.69. The van der Waals surface area contributed by atoms with Crippen LogP contribution >= 0.6 is 0 Å². The lowest BCUT2D eigenvalue weighted by molar-refractivity contribution is -0.136. The van der Waals surface area contributed by atoms with Crippen molar-refractivity contribution in [2.75, 3.05) is 26.1 Å². The molecular formula is C20H24N2O4. The number of carbonyl (C=O) groups excluding carboxylic acids is 2. The lowest BCUT2D eigenvalue weighted by atomic mass is 10.1. The van der Waals surface area contributed by atoms with Gasteiger partial charge in [-0.2, -0.15) is 0 Å². The summed E-state index contributed by atoms with van der Waals surface area (Å²) in [7, 11) is 3.13. The van der Waals surface area contributed by atoms with Gasteiger partial charge in [-0.25, -0.2) is 0 Å². The molecule has 0 spiro atoms. The molecule has 0 bridgehead atoms. The minimum absolute atomic E-state index is 0.171. The van der Waals surface area contributed by atoms with E-state index in [1.165, 1.54) is 0 Å². The molecule has 26 heavy (non-hydrogen) atoms. The Morgan fingerprint density at radius 2 is 1.77 bits per heavy atom. The number of aryl methyl sites for hydroxylation is 1. The topological polar surface area (TPSA) is 76.7 Å². The quantitative estimate of drug-likeness (QED) is 0.748. The van der Waals surface area contributed by atoms with Crippen LogP contribution in [-0.2, 0) is 20.7 Å². The Kier molecular flexibility index (Phi) is 7.17. The van der Waals surface area contributed by atoms with Crippen LogP contribution in [-0.4, -0.2) is 32.6 Å². The number of anilines is 1. The van der Waals surface area contributed by atoms with Crippen LogP contribution in [0.5, 0.6) is 5.75 Å². The van der Waals surface area contributed by atoms with E-state index < -0.39 is 11.8 Å². The van der Waals surface area contributed by atoms with Crippen LogP contribution in [0, 0.1) is 0 Å². The van der Waals surface area contributed by atoms with E-state index in [0.29, 0.717) is 11.4 Å². The van der Waals surface area contributed by atoms with Crippen molar-refractivity contribution in [1.82, 2.24) is 5.32 Å². The molecule has 0 radical (unpaired) electrons. The Morgan fingerprint density at radius 1 is 1.04 bits per heavy atom. The molecule has 2 rings (SSSR count). The fourth-order valence-electron chi connectivity index (χ4n) is 2.46. The lowest BCUT2D eigenvalue weighted by Crippen LogP contribution is -2.38. The van der Waals surface area contributed by atoms with Gasteiger partial charge in [0, 0.05) is 19.3 Å². The number of amides is 2. The summed E-state index contributed by atoms with van der Waals surface area (Å²) in [5.41, 5.74) is 2.59. The largest absolute Gasteiger partial charge is 0.497 e. The molecule has 0 saturated carbocycles. The second kappa shape index (κ2) is 9.58. The number of rotatable bonds is 7. The molecule has 2 aromatic carbocycles. The molecule has 0 fully saturated rings. The zero-order valence-corrected chi connectivity index (χ0v) is 15.2. The van der Waals surface area contributed by atoms with Crippen LogP contribution < -0.4 is 15.4 Å². The van der Waals surface area contributed by atoms with Crippen molar-refractivity contribution in [2.24, 2.45) is 0 Å². The van der Waals surface area contributed by atoms with Gasteiger partial charge in [0.25, 0.3) is 0 Å². The highest BCUT2D eigenvalue weighted by atomic mass is 16.5. The normalized spacial score (nSPS) is 11.5. The van der Waals surface area contributed by atoms with Crippen LogP contribution in [0.25, 0.3) is 0 Å². The van der Waals surface area contributed by atoms with Gasteiger partial charge in [-0.15, -0.1) is 0 Å². The van der Waals surface area contributed by atoms with Crippen molar-refractivity contribution in [1.29, 1.82) is 0 Å². The van der Waals surface area contributed by atoms with Crippen LogP contribution in [0.2, 0.25) is 0 Å². The van der Waals surface area contributed by atoms with E-state index >= 15 is 0 Å². The highest BCUT2D eigenvalue weighted by molar-refractivity contribution is 6.39. The molecule has 0 aliphatic heterocycles. The Balaban J connectivity index is 1.91. The van der Waals surface area contributed by atoms with Crippen molar-refractivity contribution >= 4 is 17.5 Å². The molecule has 138 valence electrons. The minimum Gasteiger partial charge on any atom is -0.497 e. The van der Waals surface area contributed by atoms with E-state index in [-0.39, 0.29) is 12.6 Å². The zero-order chi connectivity index (χ0) is 18.9. The molecule has 6 nitrogen and oxygen atoms in total. The van der Waals surface area contributed by atoms with E-state index in [9.17, 15) is 9.59 Å². The lowest BCUT2D eigenvalue weighted by Gasteiger charge is -2.17. The van der Waals surface area contributed by atoms with E-state index in [4.69, 9.17) is 9.47 Å². The van der Waals surface area contributed by atoms with Crippen molar-refractivity contribution in [2.45, 2.75) is 19.4 Å². The number of hydrogen-bond donors (Lipinski definition) is 2. The Morgan fingerprint density at radius 3 is 2.38 bits per heavy atom. The van der Waals surface area contributed by atoms with E-state index in [1.54, 1.807) is 26.4 Å². The number of nitrogens with one attached hydrogen (secondary N) is 2. The van der Waals surface area contributed by atoms with Crippen LogP contribution in [0.4, 0.5) is 5.69 Å². The number of carbonyl (C=O) groups is 2. The minimum atomic E-state index is -0.713. The Labute approximate surface area is 153 Å². The van der Waals surface area contributed by atoms with Gasteiger partial charge in [-0.05, 0) is 41.8 Å². The van der Waals surface area contributed by atoms with Gasteiger partial charge < -0.3 is 20.1 Å². The maximum absolute atomic E-state index is 12.0. The first-order chi connectivity index (χ1) is 12.6. The molecule has 2 aromatic rings. The van der Waals surface area contributed by atoms with Crippen molar-refractivity contribution in [3.63, 3.8) is 0 Å². The standard InChI is InChI=1S/C20H24N2O4/c1-4-14-8-10-16(11-9-14)22-20(24)19(23)21-13-18(26-3)15-6-5-7-17(12-15)25-2/h5-12,18H,4,13H2,1-3H3,(H,21,23)(H,22,24). The van der Waals surface area contributed by atoms with Crippen molar-refractivity contribution in [3.05, 3.63) is 59.7 Å². The average molecular weight is 356 g/mol. The summed E-state index contributed by atoms with van der Waals surface area (Å²) in [4.78, 5) is 24.1. The van der Waals surface area contributed by atoms with Gasteiger partial charge in [-0.3, -0.25) is 9.59 Å². The predicted octanol–water partition coefficient (Wildman–Crippen LogP) is 2.70. The van der Waals surface area contributed by atoms with Crippen LogP contribution in [0.3, 0.4) is 0 Å². The summed E-state index contributed by atoms with van der Waals surface area (Å²) in [5, 5.41) is 5.18. The number of ether oxygens (including phenoxy) is 2. The first-order valence-electron chi connectivity index (χ1n) is 8.42. The van der Waals surface area contributed by atoms with Gasteiger partial charge >= 0.3 is 11.8 Å². The van der Waals surface area contributed by atoms with Gasteiger partial charge in [0.1, 0.15) is 5.75 Å². The summed E-state index contributed by atoms with van der Waals surface area (Å²) < 4.78 is 10.6. The monoisotopic (exact) mass is 356 g/mol. The van der Waals surface area contributed by atoms with Gasteiger partial charge in [-0.1, -0.05) is 31.2 Å². The molecule has 0 saturated heterocycles. The van der Waals surface area contributed by atoms with E-state index in [2.05, 4.69) is 17.6 Å². The first kappa shape index (κ1) is 19.5. The molecular weight excluding hydrogens is 332 g/mol. The van der Waals surface area contributed by atoms with Crippen LogP contribution in [0.1, 0.15) is 24.2 Å². The summed E-state index contributed by atoms with van der Waals surface area (Å²) >= 11 is 0. The summed E-state index contributed by atoms with van der Waals surface area (Å²) in [5.74, 6) is -0.728. The fourth-order valence-corrected chi connectivity index (χ4v) is 2.46. The maximum atomic E-state index is 12.0. The number of benzene rings is 2. The third-order valence-electron chi connectivity index (χ3n) is 4.02. The molecule has 2 N–H and O–H groups in total. The summed E-state index contributed by atoms with van der Waals surface area (Å²) in [6.07, 6.45) is 0.530. The highest BCUT2D eigenvalue weighted by Gasteiger charge is 2.17. The molecule has 0 aliphatic carbocycles. The number of methoxy groups -OCH3 is 2. The number of hydrogen-bond acceptors (Lipinski definition) is 4. The Hall–Kier alpha value is -2.86. The third kappa shape index (κ3) is 5.32.